The van der Waals surface area contributed by atoms with E-state index in [4.69, 9.17) is 0 Å². The van der Waals surface area contributed by atoms with Gasteiger partial charge in [0.2, 0.25) is 0 Å². The van der Waals surface area contributed by atoms with Gasteiger partial charge < -0.3 is 4.57 Å². The monoisotopic (exact) mass is 1470 g/mol. The number of hydrogen-bond donors (Lipinski definition) is 0. The average Bonchev–Trinajstić information content (AvgIpc) is 1.07. The van der Waals surface area contributed by atoms with E-state index in [1.54, 1.807) is 0 Å². The summed E-state index contributed by atoms with van der Waals surface area (Å²) in [7, 11) is 0. The molecule has 0 saturated heterocycles. The Morgan fingerprint density at radius 2 is 0.389 bits per heavy atom. The van der Waals surface area contributed by atoms with E-state index < -0.39 is 0 Å². The van der Waals surface area contributed by atoms with Gasteiger partial charge in [-0.15, -0.1) is 22.7 Å². The molecule has 0 atom stereocenters. The summed E-state index contributed by atoms with van der Waals surface area (Å²) < 4.78 is 7.57. The number of hydrogen-bond acceptors (Lipinski definition) is 2. The number of benzene rings is 19. The molecule has 3 heterocycles. The Kier molecular flexibility index (Phi) is 16.1. The lowest BCUT2D eigenvalue weighted by Gasteiger charge is -2.18. The van der Waals surface area contributed by atoms with Crippen LogP contribution in [0.15, 0.2) is 419 Å². The van der Waals surface area contributed by atoms with E-state index in [1.807, 2.05) is 22.7 Å². The molecule has 0 N–H and O–H groups in total. The van der Waals surface area contributed by atoms with Gasteiger partial charge in [-0.05, 0) is 229 Å². The molecular weight excluding hydrogens is 1400 g/mol. The highest BCUT2D eigenvalue weighted by atomic mass is 32.1. The fourth-order valence-corrected chi connectivity index (χ4v) is 20.0. The van der Waals surface area contributed by atoms with E-state index in [2.05, 4.69) is 423 Å². The van der Waals surface area contributed by atoms with Gasteiger partial charge in [-0.25, -0.2) is 0 Å². The summed E-state index contributed by atoms with van der Waals surface area (Å²) in [6.45, 7) is 0. The fourth-order valence-electron chi connectivity index (χ4n) is 17.6. The van der Waals surface area contributed by atoms with Gasteiger partial charge >= 0.3 is 0 Å². The van der Waals surface area contributed by atoms with Crippen molar-refractivity contribution in [2.24, 2.45) is 0 Å². The fraction of sp³-hybridized carbons (Fsp3) is 0. The highest BCUT2D eigenvalue weighted by Crippen LogP contribution is 2.50. The van der Waals surface area contributed by atoms with Gasteiger partial charge in [0.25, 0.3) is 0 Å². The van der Waals surface area contributed by atoms with Crippen LogP contribution in [0.25, 0.3) is 223 Å². The molecule has 0 amide bonds. The minimum Gasteiger partial charge on any atom is -0.309 e. The van der Waals surface area contributed by atoms with E-state index in [0.717, 1.165) is 16.7 Å². The Bertz CT molecular complexity index is 7020. The number of aromatic nitrogens is 1. The van der Waals surface area contributed by atoms with Gasteiger partial charge in [-0.3, -0.25) is 0 Å². The smallest absolute Gasteiger partial charge is 0.0541 e. The van der Waals surface area contributed by atoms with Gasteiger partial charge in [0.15, 0.2) is 0 Å². The van der Waals surface area contributed by atoms with Crippen LogP contribution in [0.4, 0.5) is 0 Å². The lowest BCUT2D eigenvalue weighted by atomic mass is 9.86. The van der Waals surface area contributed by atoms with E-state index in [9.17, 15) is 0 Å². The molecule has 0 radical (unpaired) electrons. The van der Waals surface area contributed by atoms with E-state index in [0.29, 0.717) is 0 Å². The summed E-state index contributed by atoms with van der Waals surface area (Å²) in [5.74, 6) is 0. The van der Waals surface area contributed by atoms with Crippen molar-refractivity contribution in [2.75, 3.05) is 0 Å². The molecule has 0 aliphatic carbocycles. The maximum absolute atomic E-state index is 2.51. The van der Waals surface area contributed by atoms with Crippen LogP contribution in [0.2, 0.25) is 0 Å². The van der Waals surface area contributed by atoms with E-state index in [-0.39, 0.29) is 0 Å². The van der Waals surface area contributed by atoms with Crippen LogP contribution in [-0.2, 0) is 0 Å². The molecule has 22 aromatic rings. The summed E-state index contributed by atoms with van der Waals surface area (Å²) in [6.07, 6.45) is 0. The van der Waals surface area contributed by atoms with Gasteiger partial charge in [0, 0.05) is 67.9 Å². The number of rotatable bonds is 13. The van der Waals surface area contributed by atoms with Crippen LogP contribution in [-0.4, -0.2) is 4.57 Å². The van der Waals surface area contributed by atoms with Gasteiger partial charge in [-0.1, -0.05) is 334 Å². The average molecular weight is 1470 g/mol. The molecule has 0 aliphatic rings. The Balaban J connectivity index is 0.746. The molecule has 3 heteroatoms. The maximum Gasteiger partial charge on any atom is 0.0541 e. The number of thiophene rings is 2. The third-order valence-corrected chi connectivity index (χ3v) is 25.7. The van der Waals surface area contributed by atoms with Crippen molar-refractivity contribution in [3.05, 3.63) is 419 Å². The second kappa shape index (κ2) is 27.5. The van der Waals surface area contributed by atoms with Gasteiger partial charge in [-0.2, -0.15) is 0 Å². The standard InChI is InChI=1S/C110H69NS2/c1-6-20-70(21-7-1)74-34-42-78(43-35-74)84-54-60-105-99(62-84)101-68-88(80-46-38-76(39-47-80)72-24-10-3-11-25-72)66-95(109(101)112-105)86-52-58-103-97(64-86)98-65-87(53-59-104(98)111(103)90-56-50-83(51-57-90)108-93-32-18-16-30-91(93)107(82-28-14-5-15-29-82)92-31-17-19-33-94(92)108)96-67-89(81-48-40-77(41-49-81)73-26-12-4-13-27-73)69-102-100-63-85(55-61-106(100)113-110(96)102)79-44-36-75(37-45-79)71-22-8-2-9-23-71/h1-69H. The second-order valence-electron chi connectivity index (χ2n) is 29.8. The molecule has 3 aromatic heterocycles. The van der Waals surface area contributed by atoms with Crippen molar-refractivity contribution in [2.45, 2.75) is 0 Å². The van der Waals surface area contributed by atoms with Crippen molar-refractivity contribution in [3.8, 4) is 139 Å². The molecule has 19 aromatic carbocycles. The van der Waals surface area contributed by atoms with Gasteiger partial charge in [0.1, 0.15) is 0 Å². The molecule has 0 unspecified atom stereocenters. The van der Waals surface area contributed by atoms with Crippen LogP contribution in [0.1, 0.15) is 0 Å². The van der Waals surface area contributed by atoms with E-state index >= 15 is 0 Å². The topological polar surface area (TPSA) is 4.93 Å². The molecular formula is C110H69NS2. The van der Waals surface area contributed by atoms with E-state index in [1.165, 1.54) is 206 Å². The zero-order valence-corrected chi connectivity index (χ0v) is 63.2. The normalized spacial score (nSPS) is 11.7. The zero-order valence-electron chi connectivity index (χ0n) is 61.6. The first-order valence-corrected chi connectivity index (χ1v) is 40.4. The highest BCUT2D eigenvalue weighted by Gasteiger charge is 2.23. The largest absolute Gasteiger partial charge is 0.309 e. The Morgan fingerprint density at radius 3 is 0.726 bits per heavy atom. The van der Waals surface area contributed by atoms with Crippen molar-refractivity contribution < 1.29 is 0 Å². The summed E-state index contributed by atoms with van der Waals surface area (Å²) in [6, 6.07) is 156. The van der Waals surface area contributed by atoms with Crippen LogP contribution in [0.3, 0.4) is 0 Å². The summed E-state index contributed by atoms with van der Waals surface area (Å²) >= 11 is 3.80. The first-order chi connectivity index (χ1) is 56.0. The van der Waals surface area contributed by atoms with Gasteiger partial charge in [0.05, 0.1) is 11.0 Å². The van der Waals surface area contributed by atoms with Crippen molar-refractivity contribution in [1.82, 2.24) is 4.57 Å². The first kappa shape index (κ1) is 66.0. The van der Waals surface area contributed by atoms with Crippen molar-refractivity contribution >= 4 is 106 Å². The molecule has 22 rings (SSSR count). The molecule has 0 bridgehead atoms. The minimum atomic E-state index is 1.10. The Hall–Kier alpha value is -14.1. The number of fused-ring (bicyclic) bond motifs is 11. The van der Waals surface area contributed by atoms with Crippen LogP contribution in [0, 0.1) is 0 Å². The number of nitrogens with zero attached hydrogens (tertiary/aromatic N) is 1. The molecule has 113 heavy (non-hydrogen) atoms. The SMILES string of the molecule is c1ccc(-c2ccc(-c3ccc4sc5c(-c6ccc7c(c6)c6cc(-c8cc(-c9ccc(-c%10ccccc%10)cc9)cc9c8sc8ccc(-c%10ccc(-c%11ccccc%11)cc%10)cc89)ccc6n7-c6ccc(-c7c8ccccc8c(-c8ccccc8)c8ccccc78)cc6)cc(-c6ccc(-c7ccccc7)cc6)cc5c4c3)cc2)cc1. The first-order valence-electron chi connectivity index (χ1n) is 38.8. The lowest BCUT2D eigenvalue weighted by Crippen LogP contribution is -1.95. The molecule has 526 valence electrons. The predicted molar refractivity (Wildman–Crippen MR) is 487 cm³/mol. The predicted octanol–water partition coefficient (Wildman–Crippen LogP) is 31.8. The molecule has 0 fully saturated rings. The maximum atomic E-state index is 2.51. The quantitative estimate of drug-likeness (QED) is 0.101. The molecule has 0 aliphatic heterocycles. The second-order valence-corrected chi connectivity index (χ2v) is 31.9. The third-order valence-electron chi connectivity index (χ3n) is 23.2. The molecule has 0 saturated carbocycles. The van der Waals surface area contributed by atoms with Crippen molar-refractivity contribution in [3.63, 3.8) is 0 Å². The summed E-state index contributed by atoms with van der Waals surface area (Å²) in [5.41, 5.74) is 32.2. The summed E-state index contributed by atoms with van der Waals surface area (Å²) in [4.78, 5) is 0. The zero-order chi connectivity index (χ0) is 74.5. The Labute approximate surface area is 663 Å². The Morgan fingerprint density at radius 1 is 0.150 bits per heavy atom. The van der Waals surface area contributed by atoms with Crippen molar-refractivity contribution in [1.29, 1.82) is 0 Å². The summed E-state index contributed by atoms with van der Waals surface area (Å²) in [5, 5.41) is 12.4. The van der Waals surface area contributed by atoms with Crippen LogP contribution in [0.5, 0.6) is 0 Å². The lowest BCUT2D eigenvalue weighted by molar-refractivity contribution is 1.18. The highest BCUT2D eigenvalue weighted by molar-refractivity contribution is 7.26. The molecule has 0 spiro atoms. The van der Waals surface area contributed by atoms with Crippen LogP contribution < -0.4 is 0 Å². The third kappa shape index (κ3) is 11.7. The minimum absolute atomic E-state index is 1.10. The molecule has 1 nitrogen and oxygen atoms in total. The van der Waals surface area contributed by atoms with Crippen LogP contribution >= 0.6 is 22.7 Å².